The third kappa shape index (κ3) is 1.56. The molecule has 0 atom stereocenters. The van der Waals surface area contributed by atoms with Gasteiger partial charge in [-0.05, 0) is 41.3 Å². The van der Waals surface area contributed by atoms with E-state index in [1.807, 2.05) is 42.5 Å². The van der Waals surface area contributed by atoms with Crippen LogP contribution >= 0.6 is 11.6 Å². The minimum absolute atomic E-state index is 0.143. The molecule has 0 radical (unpaired) electrons. The van der Waals surface area contributed by atoms with Gasteiger partial charge in [-0.1, -0.05) is 30.3 Å². The molecule has 3 aromatic carbocycles. The fraction of sp³-hybridized carbons (Fsp3) is 0. The smallest absolute Gasteiger partial charge is 0.264 e. The molecule has 0 aliphatic heterocycles. The lowest BCUT2D eigenvalue weighted by atomic mass is 9.98. The Morgan fingerprint density at radius 1 is 0.917 bits per heavy atom. The topological polar surface area (TPSA) is 51.4 Å². The van der Waals surface area contributed by atoms with Crippen molar-refractivity contribution in [3.8, 4) is 0 Å². The second kappa shape index (κ2) is 4.52. The molecule has 0 saturated heterocycles. The summed E-state index contributed by atoms with van der Waals surface area (Å²) in [5, 5.41) is 2.26. The zero-order chi connectivity index (χ0) is 16.4. The van der Waals surface area contributed by atoms with Crippen LogP contribution in [0.25, 0.3) is 38.2 Å². The van der Waals surface area contributed by atoms with E-state index in [0.29, 0.717) is 22.0 Å². The maximum absolute atomic E-state index is 13.1. The number of carbonyl (C=O) groups is 1. The van der Waals surface area contributed by atoms with Gasteiger partial charge < -0.3 is 0 Å². The molecule has 0 aliphatic rings. The fourth-order valence-corrected chi connectivity index (χ4v) is 3.64. The predicted molar refractivity (Wildman–Crippen MR) is 95.3 cm³/mol. The largest absolute Gasteiger partial charge is 0.276 e. The fourth-order valence-electron chi connectivity index (χ4n) is 3.48. The van der Waals surface area contributed by atoms with Crippen LogP contribution in [0.2, 0.25) is 0 Å². The number of aromatic nitrogens is 2. The maximum atomic E-state index is 13.1. The number of hydrogen-bond acceptors (Lipinski definition) is 3. The van der Waals surface area contributed by atoms with Crippen LogP contribution in [-0.2, 0) is 0 Å². The van der Waals surface area contributed by atoms with Crippen LogP contribution in [0.4, 0.5) is 0 Å². The van der Waals surface area contributed by atoms with Crippen LogP contribution in [0.5, 0.6) is 0 Å². The van der Waals surface area contributed by atoms with Crippen molar-refractivity contribution in [3.05, 3.63) is 70.5 Å². The maximum Gasteiger partial charge on any atom is 0.264 e. The third-order valence-electron chi connectivity index (χ3n) is 4.49. The van der Waals surface area contributed by atoms with Crippen molar-refractivity contribution in [2.45, 2.75) is 0 Å². The quantitative estimate of drug-likeness (QED) is 0.436. The number of carbonyl (C=O) groups excluding carboxylic acids is 1. The number of fused-ring (bicyclic) bond motifs is 4. The Balaban J connectivity index is 2.18. The molecule has 0 fully saturated rings. The predicted octanol–water partition coefficient (Wildman–Crippen LogP) is 3.97. The highest BCUT2D eigenvalue weighted by molar-refractivity contribution is 6.68. The summed E-state index contributed by atoms with van der Waals surface area (Å²) in [6.07, 6.45) is 0. The van der Waals surface area contributed by atoms with Gasteiger partial charge in [-0.15, -0.1) is 0 Å². The van der Waals surface area contributed by atoms with Crippen LogP contribution in [0, 0.1) is 0 Å². The van der Waals surface area contributed by atoms with E-state index in [-0.39, 0.29) is 5.56 Å². The Kier molecular flexibility index (Phi) is 2.54. The van der Waals surface area contributed by atoms with Crippen LogP contribution < -0.4 is 5.56 Å². The summed E-state index contributed by atoms with van der Waals surface area (Å²) in [5.41, 5.74) is 2.39. The molecule has 0 N–H and O–H groups in total. The molecule has 0 aliphatic carbocycles. The first-order valence-electron chi connectivity index (χ1n) is 7.45. The normalized spacial score (nSPS) is 11.9. The van der Waals surface area contributed by atoms with Gasteiger partial charge in [0.1, 0.15) is 5.65 Å². The summed E-state index contributed by atoms with van der Waals surface area (Å²) in [6, 6.07) is 16.4. The van der Waals surface area contributed by atoms with Crippen LogP contribution in [0.15, 0.2) is 59.4 Å². The number of benzene rings is 3. The highest BCUT2D eigenvalue weighted by Gasteiger charge is 2.18. The Labute approximate surface area is 140 Å². The first-order valence-corrected chi connectivity index (χ1v) is 7.83. The number of halogens is 1. The minimum Gasteiger partial charge on any atom is -0.276 e. The lowest BCUT2D eigenvalue weighted by Gasteiger charge is -2.09. The van der Waals surface area contributed by atoms with E-state index in [9.17, 15) is 9.59 Å². The number of pyridine rings is 1. The monoisotopic (exact) mass is 332 g/mol. The van der Waals surface area contributed by atoms with Gasteiger partial charge >= 0.3 is 0 Å². The second-order valence-electron chi connectivity index (χ2n) is 5.73. The van der Waals surface area contributed by atoms with E-state index in [0.717, 1.165) is 21.8 Å². The second-order valence-corrected chi connectivity index (χ2v) is 6.07. The number of rotatable bonds is 1. The molecule has 24 heavy (non-hydrogen) atoms. The molecule has 0 saturated carbocycles. The number of imidazole rings is 1. The van der Waals surface area contributed by atoms with Crippen molar-refractivity contribution >= 4 is 55.1 Å². The molecular formula is C19H9ClN2O2. The molecule has 5 heteroatoms. The van der Waals surface area contributed by atoms with Crippen molar-refractivity contribution in [3.63, 3.8) is 0 Å². The van der Waals surface area contributed by atoms with Gasteiger partial charge in [0.25, 0.3) is 10.8 Å². The SMILES string of the molecule is O=C(Cl)c1ccc2c(=O)n3c4ccccc4nc3c3cccc1c23. The van der Waals surface area contributed by atoms with E-state index >= 15 is 0 Å². The molecule has 5 aromatic rings. The first kappa shape index (κ1) is 13.5. The Hall–Kier alpha value is -2.98. The standard InChI is InChI=1S/C19H9ClN2O2/c20-17(23)11-8-9-13-16-10(11)4-3-5-12(16)18-21-14-6-1-2-7-15(14)22(18)19(13)24/h1-9H. The average molecular weight is 333 g/mol. The Bertz CT molecular complexity index is 1350. The zero-order valence-electron chi connectivity index (χ0n) is 12.3. The molecule has 114 valence electrons. The van der Waals surface area contributed by atoms with Gasteiger partial charge in [0.2, 0.25) is 0 Å². The molecule has 4 nitrogen and oxygen atoms in total. The summed E-state index contributed by atoms with van der Waals surface area (Å²) in [7, 11) is 0. The van der Waals surface area contributed by atoms with Crippen LogP contribution in [0.1, 0.15) is 10.4 Å². The van der Waals surface area contributed by atoms with Crippen molar-refractivity contribution in [2.75, 3.05) is 0 Å². The summed E-state index contributed by atoms with van der Waals surface area (Å²) >= 11 is 5.70. The van der Waals surface area contributed by atoms with Gasteiger partial charge in [0, 0.05) is 21.7 Å². The molecule has 5 rings (SSSR count). The van der Waals surface area contributed by atoms with Gasteiger partial charge in [0.15, 0.2) is 0 Å². The molecule has 0 spiro atoms. The van der Waals surface area contributed by atoms with E-state index in [1.165, 1.54) is 0 Å². The number of hydrogen-bond donors (Lipinski definition) is 0. The van der Waals surface area contributed by atoms with Gasteiger partial charge in [0.05, 0.1) is 11.0 Å². The first-order chi connectivity index (χ1) is 11.7. The molecule has 0 amide bonds. The van der Waals surface area contributed by atoms with Crippen LogP contribution in [-0.4, -0.2) is 14.6 Å². The average Bonchev–Trinajstić information content (AvgIpc) is 2.98. The van der Waals surface area contributed by atoms with Gasteiger partial charge in [-0.3, -0.25) is 14.0 Å². The van der Waals surface area contributed by atoms with E-state index in [1.54, 1.807) is 16.5 Å². The van der Waals surface area contributed by atoms with E-state index in [2.05, 4.69) is 4.98 Å². The lowest BCUT2D eigenvalue weighted by Crippen LogP contribution is -2.13. The molecule has 2 heterocycles. The highest BCUT2D eigenvalue weighted by Crippen LogP contribution is 2.31. The highest BCUT2D eigenvalue weighted by atomic mass is 35.5. The number of nitrogens with zero attached hydrogens (tertiary/aromatic N) is 2. The Morgan fingerprint density at radius 3 is 2.54 bits per heavy atom. The van der Waals surface area contributed by atoms with Gasteiger partial charge in [-0.25, -0.2) is 4.98 Å². The van der Waals surface area contributed by atoms with Crippen LogP contribution in [0.3, 0.4) is 0 Å². The molecule has 0 bridgehead atoms. The lowest BCUT2D eigenvalue weighted by molar-refractivity contribution is 0.108. The minimum atomic E-state index is -0.537. The van der Waals surface area contributed by atoms with E-state index < -0.39 is 5.24 Å². The number of para-hydroxylation sites is 2. The van der Waals surface area contributed by atoms with Crippen molar-refractivity contribution < 1.29 is 4.79 Å². The zero-order valence-corrected chi connectivity index (χ0v) is 13.0. The third-order valence-corrected chi connectivity index (χ3v) is 4.69. The molecular weight excluding hydrogens is 324 g/mol. The Morgan fingerprint density at radius 2 is 1.71 bits per heavy atom. The van der Waals surface area contributed by atoms with Crippen molar-refractivity contribution in [1.29, 1.82) is 0 Å². The summed E-state index contributed by atoms with van der Waals surface area (Å²) in [4.78, 5) is 29.4. The van der Waals surface area contributed by atoms with Gasteiger partial charge in [-0.2, -0.15) is 0 Å². The molecule has 0 unspecified atom stereocenters. The molecule has 2 aromatic heterocycles. The summed E-state index contributed by atoms with van der Waals surface area (Å²) < 4.78 is 1.63. The van der Waals surface area contributed by atoms with Crippen molar-refractivity contribution in [2.24, 2.45) is 0 Å². The summed E-state index contributed by atoms with van der Waals surface area (Å²) in [5.74, 6) is 0. The summed E-state index contributed by atoms with van der Waals surface area (Å²) in [6.45, 7) is 0. The van der Waals surface area contributed by atoms with E-state index in [4.69, 9.17) is 11.6 Å². The van der Waals surface area contributed by atoms with Crippen molar-refractivity contribution in [1.82, 2.24) is 9.38 Å².